The molecule has 1 atom stereocenters. The molecule has 0 bridgehead atoms. The summed E-state index contributed by atoms with van der Waals surface area (Å²) in [4.78, 5) is 4.36. The van der Waals surface area contributed by atoms with Crippen LogP contribution in [0.1, 0.15) is 29.9 Å². The number of imidazole rings is 1. The fraction of sp³-hybridized carbons (Fsp3) is 0.357. The van der Waals surface area contributed by atoms with Crippen molar-refractivity contribution in [1.29, 1.82) is 0 Å². The number of aryl methyl sites for hydroxylation is 2. The monoisotopic (exact) mass is 247 g/mol. The lowest BCUT2D eigenvalue weighted by Crippen LogP contribution is -2.22. The maximum Gasteiger partial charge on any atom is 0.130 e. The van der Waals surface area contributed by atoms with Crippen molar-refractivity contribution in [2.75, 3.05) is 7.05 Å². The van der Waals surface area contributed by atoms with Gasteiger partial charge in [-0.25, -0.2) is 9.37 Å². The van der Waals surface area contributed by atoms with Crippen LogP contribution in [0.5, 0.6) is 0 Å². The second-order valence-electron chi connectivity index (χ2n) is 4.30. The lowest BCUT2D eigenvalue weighted by atomic mass is 10.0. The first-order chi connectivity index (χ1) is 8.67. The number of nitrogens with zero attached hydrogens (tertiary/aromatic N) is 2. The summed E-state index contributed by atoms with van der Waals surface area (Å²) in [5, 5.41) is 3.19. The van der Waals surface area contributed by atoms with E-state index in [9.17, 15) is 4.39 Å². The summed E-state index contributed by atoms with van der Waals surface area (Å²) >= 11 is 0. The van der Waals surface area contributed by atoms with E-state index >= 15 is 0 Å². The number of rotatable bonds is 4. The Morgan fingerprint density at radius 2 is 2.22 bits per heavy atom. The summed E-state index contributed by atoms with van der Waals surface area (Å²) < 4.78 is 15.7. The molecule has 3 nitrogen and oxygen atoms in total. The van der Waals surface area contributed by atoms with E-state index in [1.807, 2.05) is 19.3 Å². The molecule has 1 unspecified atom stereocenters. The summed E-state index contributed by atoms with van der Waals surface area (Å²) in [5.74, 6) is 0.727. The molecule has 0 fully saturated rings. The van der Waals surface area contributed by atoms with Crippen molar-refractivity contribution in [2.24, 2.45) is 0 Å². The van der Waals surface area contributed by atoms with Crippen LogP contribution < -0.4 is 5.32 Å². The van der Waals surface area contributed by atoms with Crippen molar-refractivity contribution in [3.05, 3.63) is 53.4 Å². The van der Waals surface area contributed by atoms with Gasteiger partial charge in [-0.2, -0.15) is 0 Å². The minimum Gasteiger partial charge on any atom is -0.334 e. The minimum atomic E-state index is -0.178. The molecule has 0 aliphatic rings. The van der Waals surface area contributed by atoms with E-state index in [4.69, 9.17) is 0 Å². The number of benzene rings is 1. The minimum absolute atomic E-state index is 0.0879. The number of aromatic nitrogens is 2. The largest absolute Gasteiger partial charge is 0.334 e. The van der Waals surface area contributed by atoms with E-state index in [0.29, 0.717) is 5.56 Å². The van der Waals surface area contributed by atoms with Gasteiger partial charge in [-0.1, -0.05) is 12.1 Å². The molecule has 2 rings (SSSR count). The highest BCUT2D eigenvalue weighted by atomic mass is 19.1. The quantitative estimate of drug-likeness (QED) is 0.900. The van der Waals surface area contributed by atoms with Gasteiger partial charge in [-0.3, -0.25) is 0 Å². The first-order valence-corrected chi connectivity index (χ1v) is 6.11. The molecule has 0 amide bonds. The van der Waals surface area contributed by atoms with Gasteiger partial charge in [-0.05, 0) is 38.1 Å². The number of hydrogen-bond acceptors (Lipinski definition) is 2. The molecule has 4 heteroatoms. The van der Waals surface area contributed by atoms with Crippen molar-refractivity contribution in [3.8, 4) is 0 Å². The molecule has 0 saturated carbocycles. The van der Waals surface area contributed by atoms with Crippen LogP contribution in [0.3, 0.4) is 0 Å². The third-order valence-electron chi connectivity index (χ3n) is 3.16. The highest BCUT2D eigenvalue weighted by molar-refractivity contribution is 5.29. The van der Waals surface area contributed by atoms with E-state index < -0.39 is 0 Å². The van der Waals surface area contributed by atoms with Crippen LogP contribution in [0.2, 0.25) is 0 Å². The summed E-state index contributed by atoms with van der Waals surface area (Å²) in [6, 6.07) is 5.23. The third kappa shape index (κ3) is 2.29. The Bertz CT molecular complexity index is 534. The number of halogens is 1. The van der Waals surface area contributed by atoms with E-state index in [2.05, 4.69) is 21.8 Å². The van der Waals surface area contributed by atoms with Gasteiger partial charge < -0.3 is 9.88 Å². The Morgan fingerprint density at radius 3 is 2.83 bits per heavy atom. The van der Waals surface area contributed by atoms with Crippen LogP contribution in [-0.2, 0) is 6.54 Å². The molecule has 0 aliphatic carbocycles. The predicted molar refractivity (Wildman–Crippen MR) is 69.9 cm³/mol. The topological polar surface area (TPSA) is 29.9 Å². The zero-order valence-electron chi connectivity index (χ0n) is 10.9. The van der Waals surface area contributed by atoms with Crippen LogP contribution in [-0.4, -0.2) is 16.6 Å². The summed E-state index contributed by atoms with van der Waals surface area (Å²) in [6.07, 6.45) is 3.71. The normalized spacial score (nSPS) is 12.7. The zero-order chi connectivity index (χ0) is 13.1. The lowest BCUT2D eigenvalue weighted by molar-refractivity contribution is 0.577. The molecule has 1 heterocycles. The molecule has 1 N–H and O–H groups in total. The number of nitrogens with one attached hydrogen (secondary N) is 1. The van der Waals surface area contributed by atoms with E-state index in [1.54, 1.807) is 25.3 Å². The molecule has 1 aromatic heterocycles. The first-order valence-electron chi connectivity index (χ1n) is 6.11. The summed E-state index contributed by atoms with van der Waals surface area (Å²) in [7, 11) is 1.86. The van der Waals surface area contributed by atoms with Crippen molar-refractivity contribution in [1.82, 2.24) is 14.9 Å². The van der Waals surface area contributed by atoms with Crippen molar-refractivity contribution in [2.45, 2.75) is 26.4 Å². The smallest absolute Gasteiger partial charge is 0.130 e. The molecule has 0 radical (unpaired) electrons. The SMILES string of the molecule is CCn1ccnc1C(NC)c1ccc(C)c(F)c1. The van der Waals surface area contributed by atoms with E-state index in [1.165, 1.54) is 0 Å². The Balaban J connectivity index is 2.42. The maximum absolute atomic E-state index is 13.6. The third-order valence-corrected chi connectivity index (χ3v) is 3.16. The van der Waals surface area contributed by atoms with Gasteiger partial charge in [0.25, 0.3) is 0 Å². The second-order valence-corrected chi connectivity index (χ2v) is 4.30. The predicted octanol–water partition coefficient (Wildman–Crippen LogP) is 2.66. The molecule has 0 spiro atoms. The standard InChI is InChI=1S/C14H18FN3/c1-4-18-8-7-17-14(18)13(16-3)11-6-5-10(2)12(15)9-11/h5-9,13,16H,4H2,1-3H3. The van der Waals surface area contributed by atoms with Gasteiger partial charge >= 0.3 is 0 Å². The van der Waals surface area contributed by atoms with Crippen LogP contribution in [0.4, 0.5) is 4.39 Å². The zero-order valence-corrected chi connectivity index (χ0v) is 10.9. The molecular formula is C14H18FN3. The van der Waals surface area contributed by atoms with Crippen LogP contribution in [0.15, 0.2) is 30.6 Å². The van der Waals surface area contributed by atoms with Gasteiger partial charge in [0.2, 0.25) is 0 Å². The van der Waals surface area contributed by atoms with Crippen LogP contribution in [0, 0.1) is 12.7 Å². The Hall–Kier alpha value is -1.68. The van der Waals surface area contributed by atoms with Crippen LogP contribution >= 0.6 is 0 Å². The van der Waals surface area contributed by atoms with Crippen LogP contribution in [0.25, 0.3) is 0 Å². The van der Waals surface area contributed by atoms with E-state index in [0.717, 1.165) is 17.9 Å². The Labute approximate surface area is 107 Å². The Kier molecular flexibility index (Phi) is 3.77. The second kappa shape index (κ2) is 5.31. The molecule has 1 aromatic carbocycles. The van der Waals surface area contributed by atoms with Gasteiger partial charge in [0.05, 0.1) is 6.04 Å². The highest BCUT2D eigenvalue weighted by Gasteiger charge is 2.17. The van der Waals surface area contributed by atoms with Crippen molar-refractivity contribution >= 4 is 0 Å². The molecule has 2 aromatic rings. The number of hydrogen-bond donors (Lipinski definition) is 1. The maximum atomic E-state index is 13.6. The molecule has 96 valence electrons. The van der Waals surface area contributed by atoms with Gasteiger partial charge in [0.1, 0.15) is 11.6 Å². The van der Waals surface area contributed by atoms with Gasteiger partial charge in [0, 0.05) is 18.9 Å². The average Bonchev–Trinajstić information content (AvgIpc) is 2.83. The summed E-state index contributed by atoms with van der Waals surface area (Å²) in [6.45, 7) is 4.68. The molecule has 0 aliphatic heterocycles. The average molecular weight is 247 g/mol. The van der Waals surface area contributed by atoms with E-state index in [-0.39, 0.29) is 11.9 Å². The van der Waals surface area contributed by atoms with Crippen molar-refractivity contribution < 1.29 is 4.39 Å². The molecular weight excluding hydrogens is 229 g/mol. The van der Waals surface area contributed by atoms with Gasteiger partial charge in [0.15, 0.2) is 0 Å². The fourth-order valence-electron chi connectivity index (χ4n) is 2.08. The van der Waals surface area contributed by atoms with Crippen molar-refractivity contribution in [3.63, 3.8) is 0 Å². The summed E-state index contributed by atoms with van der Waals surface area (Å²) in [5.41, 5.74) is 1.55. The Morgan fingerprint density at radius 1 is 1.44 bits per heavy atom. The molecule has 18 heavy (non-hydrogen) atoms. The lowest BCUT2D eigenvalue weighted by Gasteiger charge is -2.18. The highest BCUT2D eigenvalue weighted by Crippen LogP contribution is 2.22. The van der Waals surface area contributed by atoms with Gasteiger partial charge in [-0.15, -0.1) is 0 Å². The first kappa shape index (κ1) is 12.8. The fourth-order valence-corrected chi connectivity index (χ4v) is 2.08. The molecule has 0 saturated heterocycles.